The minimum absolute atomic E-state index is 0.299. The van der Waals surface area contributed by atoms with Crippen molar-refractivity contribution in [3.05, 3.63) is 63.6 Å². The predicted molar refractivity (Wildman–Crippen MR) is 108 cm³/mol. The third kappa shape index (κ3) is 6.20. The molecular formula is C18H21Cl2N3O2S. The van der Waals surface area contributed by atoms with Crippen molar-refractivity contribution in [3.63, 3.8) is 0 Å². The van der Waals surface area contributed by atoms with Crippen molar-refractivity contribution in [3.8, 4) is 0 Å². The van der Waals surface area contributed by atoms with Gasteiger partial charge in [0.15, 0.2) is 15.8 Å². The fourth-order valence-electron chi connectivity index (χ4n) is 2.20. The fourth-order valence-corrected chi connectivity index (χ4v) is 3.30. The molecule has 0 fully saturated rings. The van der Waals surface area contributed by atoms with E-state index in [0.29, 0.717) is 40.5 Å². The minimum Gasteiger partial charge on any atom is -0.357 e. The van der Waals surface area contributed by atoms with Crippen molar-refractivity contribution in [1.82, 2.24) is 10.6 Å². The Balaban J connectivity index is 2.04. The van der Waals surface area contributed by atoms with Gasteiger partial charge in [0.2, 0.25) is 0 Å². The summed E-state index contributed by atoms with van der Waals surface area (Å²) < 4.78 is 23.0. The molecule has 5 nitrogen and oxygen atoms in total. The van der Waals surface area contributed by atoms with E-state index in [2.05, 4.69) is 15.6 Å². The van der Waals surface area contributed by atoms with Crippen molar-refractivity contribution in [2.24, 2.45) is 4.99 Å². The highest BCUT2D eigenvalue weighted by Gasteiger charge is 2.06. The summed E-state index contributed by atoms with van der Waals surface area (Å²) in [5.41, 5.74) is 1.83. The fraction of sp³-hybridized carbons (Fsp3) is 0.278. The Morgan fingerprint density at radius 1 is 1.08 bits per heavy atom. The van der Waals surface area contributed by atoms with Crippen LogP contribution in [-0.2, 0) is 22.9 Å². The second kappa shape index (κ2) is 9.26. The highest BCUT2D eigenvalue weighted by molar-refractivity contribution is 7.90. The van der Waals surface area contributed by atoms with Gasteiger partial charge in [-0.05, 0) is 42.3 Å². The molecule has 2 rings (SSSR count). The monoisotopic (exact) mass is 413 g/mol. The van der Waals surface area contributed by atoms with Crippen molar-refractivity contribution in [2.75, 3.05) is 12.8 Å². The number of guanidine groups is 1. The lowest BCUT2D eigenvalue weighted by atomic mass is 10.2. The minimum atomic E-state index is -3.19. The Morgan fingerprint density at radius 2 is 1.77 bits per heavy atom. The number of aliphatic imine (C=N–C) groups is 1. The first-order valence-electron chi connectivity index (χ1n) is 8.04. The summed E-state index contributed by atoms with van der Waals surface area (Å²) in [5.74, 6) is 0.644. The Kier molecular flexibility index (Phi) is 7.32. The Morgan fingerprint density at radius 3 is 2.35 bits per heavy atom. The van der Waals surface area contributed by atoms with Crippen molar-refractivity contribution >= 4 is 39.0 Å². The standard InChI is InChI=1S/C18H21Cl2N3O2S/c1-3-21-18(23-12-14-6-7-15(19)10-17(14)20)22-11-13-4-8-16(9-5-13)26(2,24)25/h4-10H,3,11-12H2,1-2H3,(H2,21,22,23). The topological polar surface area (TPSA) is 70.6 Å². The van der Waals surface area contributed by atoms with Crippen LogP contribution in [0.4, 0.5) is 0 Å². The molecule has 0 aromatic heterocycles. The maximum Gasteiger partial charge on any atom is 0.191 e. The molecule has 0 amide bonds. The summed E-state index contributed by atoms with van der Waals surface area (Å²) in [6.45, 7) is 3.63. The van der Waals surface area contributed by atoms with E-state index in [1.54, 1.807) is 36.4 Å². The molecule has 0 saturated carbocycles. The highest BCUT2D eigenvalue weighted by Crippen LogP contribution is 2.20. The number of nitrogens with zero attached hydrogens (tertiary/aromatic N) is 1. The number of sulfone groups is 1. The SMILES string of the molecule is CCNC(=NCc1ccc(S(C)(=O)=O)cc1)NCc1ccc(Cl)cc1Cl. The second-order valence-electron chi connectivity index (χ2n) is 5.70. The molecule has 8 heteroatoms. The smallest absolute Gasteiger partial charge is 0.191 e. The van der Waals surface area contributed by atoms with Gasteiger partial charge in [-0.1, -0.05) is 41.4 Å². The molecule has 0 heterocycles. The van der Waals surface area contributed by atoms with Gasteiger partial charge in [-0.15, -0.1) is 0 Å². The molecule has 0 saturated heterocycles. The number of hydrogen-bond donors (Lipinski definition) is 2. The molecule has 0 aliphatic rings. The Bertz CT molecular complexity index is 882. The van der Waals surface area contributed by atoms with Crippen LogP contribution < -0.4 is 10.6 Å². The quantitative estimate of drug-likeness (QED) is 0.559. The molecule has 0 aliphatic heterocycles. The highest BCUT2D eigenvalue weighted by atomic mass is 35.5. The Labute approximate surface area is 164 Å². The zero-order valence-corrected chi connectivity index (χ0v) is 16.9. The molecule has 0 bridgehead atoms. The summed E-state index contributed by atoms with van der Waals surface area (Å²) in [7, 11) is -3.19. The molecule has 2 N–H and O–H groups in total. The van der Waals surface area contributed by atoms with Crippen molar-refractivity contribution in [1.29, 1.82) is 0 Å². The number of nitrogens with one attached hydrogen (secondary N) is 2. The van der Waals surface area contributed by atoms with Gasteiger partial charge in [-0.2, -0.15) is 0 Å². The first kappa shape index (κ1) is 20.6. The van der Waals surface area contributed by atoms with Gasteiger partial charge in [0.05, 0.1) is 11.4 Å². The number of hydrogen-bond acceptors (Lipinski definition) is 3. The molecule has 0 radical (unpaired) electrons. The van der Waals surface area contributed by atoms with Gasteiger partial charge in [0, 0.05) is 29.4 Å². The molecule has 0 unspecified atom stereocenters. The molecular weight excluding hydrogens is 393 g/mol. The summed E-state index contributed by atoms with van der Waals surface area (Å²) in [5, 5.41) is 7.57. The maximum atomic E-state index is 11.5. The van der Waals surface area contributed by atoms with E-state index in [-0.39, 0.29) is 0 Å². The van der Waals surface area contributed by atoms with E-state index in [0.717, 1.165) is 11.1 Å². The third-order valence-electron chi connectivity index (χ3n) is 3.58. The first-order chi connectivity index (χ1) is 12.3. The van der Waals surface area contributed by atoms with E-state index >= 15 is 0 Å². The van der Waals surface area contributed by atoms with E-state index in [4.69, 9.17) is 23.2 Å². The van der Waals surface area contributed by atoms with Gasteiger partial charge in [0.1, 0.15) is 0 Å². The lowest BCUT2D eigenvalue weighted by Gasteiger charge is -2.12. The van der Waals surface area contributed by atoms with Gasteiger partial charge in [-0.25, -0.2) is 13.4 Å². The van der Waals surface area contributed by atoms with E-state index in [9.17, 15) is 8.42 Å². The third-order valence-corrected chi connectivity index (χ3v) is 5.29. The molecule has 26 heavy (non-hydrogen) atoms. The van der Waals surface area contributed by atoms with Crippen LogP contribution in [0.25, 0.3) is 0 Å². The average molecular weight is 414 g/mol. The summed E-state index contributed by atoms with van der Waals surface area (Å²) in [4.78, 5) is 4.81. The molecule has 2 aromatic carbocycles. The lowest BCUT2D eigenvalue weighted by Crippen LogP contribution is -2.36. The van der Waals surface area contributed by atoms with Crippen LogP contribution in [-0.4, -0.2) is 27.2 Å². The zero-order valence-electron chi connectivity index (χ0n) is 14.6. The number of benzene rings is 2. The van der Waals surface area contributed by atoms with Gasteiger partial charge >= 0.3 is 0 Å². The lowest BCUT2D eigenvalue weighted by molar-refractivity contribution is 0.602. The molecule has 0 atom stereocenters. The van der Waals surface area contributed by atoms with Gasteiger partial charge in [0.25, 0.3) is 0 Å². The van der Waals surface area contributed by atoms with Crippen molar-refractivity contribution < 1.29 is 8.42 Å². The van der Waals surface area contributed by atoms with E-state index < -0.39 is 9.84 Å². The van der Waals surface area contributed by atoms with Crippen LogP contribution in [0.5, 0.6) is 0 Å². The largest absolute Gasteiger partial charge is 0.357 e. The van der Waals surface area contributed by atoms with Crippen LogP contribution in [0.2, 0.25) is 10.0 Å². The second-order valence-corrected chi connectivity index (χ2v) is 8.56. The van der Waals surface area contributed by atoms with Gasteiger partial charge < -0.3 is 10.6 Å². The van der Waals surface area contributed by atoms with Crippen LogP contribution in [0.15, 0.2) is 52.4 Å². The summed E-state index contributed by atoms with van der Waals surface area (Å²) in [6, 6.07) is 12.1. The maximum absolute atomic E-state index is 11.5. The molecule has 0 spiro atoms. The predicted octanol–water partition coefficient (Wildman–Crippen LogP) is 3.65. The molecule has 2 aromatic rings. The van der Waals surface area contributed by atoms with Crippen molar-refractivity contribution in [2.45, 2.75) is 24.9 Å². The van der Waals surface area contributed by atoms with E-state index in [1.165, 1.54) is 6.26 Å². The van der Waals surface area contributed by atoms with Crippen LogP contribution >= 0.6 is 23.2 Å². The van der Waals surface area contributed by atoms with Crippen LogP contribution in [0, 0.1) is 0 Å². The normalized spacial score (nSPS) is 12.1. The zero-order chi connectivity index (χ0) is 19.2. The Hall–Kier alpha value is -1.76. The molecule has 0 aliphatic carbocycles. The average Bonchev–Trinajstić information content (AvgIpc) is 2.58. The summed E-state index contributed by atoms with van der Waals surface area (Å²) >= 11 is 12.1. The summed E-state index contributed by atoms with van der Waals surface area (Å²) in [6.07, 6.45) is 1.19. The van der Waals surface area contributed by atoms with Crippen LogP contribution in [0.3, 0.4) is 0 Å². The van der Waals surface area contributed by atoms with Gasteiger partial charge in [-0.3, -0.25) is 0 Å². The number of rotatable bonds is 6. The number of halogens is 2. The molecule has 140 valence electrons. The van der Waals surface area contributed by atoms with Crippen LogP contribution in [0.1, 0.15) is 18.1 Å². The first-order valence-corrected chi connectivity index (χ1v) is 10.7. The van der Waals surface area contributed by atoms with E-state index in [1.807, 2.05) is 13.0 Å².